The van der Waals surface area contributed by atoms with Gasteiger partial charge in [0, 0.05) is 18.3 Å². The standard InChI is InChI=1S/C23H23ClN2O5/c1-29-17-7-5-16(6-8-17)25-23(28)19-3-2-10-26(19)21(27)9-4-15-13-18(24)22-20(14-15)30-11-12-31-22/h4-9,13-14,19H,2-3,10-12H2,1H3,(H,25,28). The molecule has 2 amide bonds. The zero-order chi connectivity index (χ0) is 21.8. The maximum atomic E-state index is 12.8. The third-order valence-corrected chi connectivity index (χ3v) is 5.51. The molecule has 0 aliphatic carbocycles. The highest BCUT2D eigenvalue weighted by atomic mass is 35.5. The quantitative estimate of drug-likeness (QED) is 0.713. The van der Waals surface area contributed by atoms with Gasteiger partial charge in [0.1, 0.15) is 25.0 Å². The predicted molar refractivity (Wildman–Crippen MR) is 118 cm³/mol. The lowest BCUT2D eigenvalue weighted by molar-refractivity contribution is -0.132. The largest absolute Gasteiger partial charge is 0.497 e. The van der Waals surface area contributed by atoms with Gasteiger partial charge in [-0.2, -0.15) is 0 Å². The van der Waals surface area contributed by atoms with Crippen LogP contribution in [-0.4, -0.2) is 49.6 Å². The Kier molecular flexibility index (Phi) is 6.32. The molecule has 0 saturated carbocycles. The second-order valence-electron chi connectivity index (χ2n) is 7.27. The average Bonchev–Trinajstić information content (AvgIpc) is 3.28. The van der Waals surface area contributed by atoms with E-state index in [0.29, 0.717) is 54.1 Å². The van der Waals surface area contributed by atoms with E-state index >= 15 is 0 Å². The van der Waals surface area contributed by atoms with Crippen LogP contribution < -0.4 is 19.5 Å². The summed E-state index contributed by atoms with van der Waals surface area (Å²) in [6.45, 7) is 1.44. The molecule has 8 heteroatoms. The first-order chi connectivity index (χ1) is 15.0. The molecule has 162 valence electrons. The fourth-order valence-corrected chi connectivity index (χ4v) is 3.97. The topological polar surface area (TPSA) is 77.1 Å². The number of halogens is 1. The number of rotatable bonds is 5. The Labute approximate surface area is 185 Å². The van der Waals surface area contributed by atoms with Gasteiger partial charge in [0.05, 0.1) is 12.1 Å². The highest BCUT2D eigenvalue weighted by molar-refractivity contribution is 6.32. The molecule has 2 aliphatic rings. The maximum absolute atomic E-state index is 12.8. The van der Waals surface area contributed by atoms with Gasteiger partial charge in [0.2, 0.25) is 11.8 Å². The van der Waals surface area contributed by atoms with Crippen LogP contribution in [-0.2, 0) is 9.59 Å². The van der Waals surface area contributed by atoms with Gasteiger partial charge in [-0.1, -0.05) is 11.6 Å². The first-order valence-corrected chi connectivity index (χ1v) is 10.5. The van der Waals surface area contributed by atoms with Crippen LogP contribution in [0.1, 0.15) is 18.4 Å². The fourth-order valence-electron chi connectivity index (χ4n) is 3.69. The number of anilines is 1. The van der Waals surface area contributed by atoms with Crippen molar-refractivity contribution in [2.45, 2.75) is 18.9 Å². The van der Waals surface area contributed by atoms with E-state index in [1.165, 1.54) is 6.08 Å². The van der Waals surface area contributed by atoms with Crippen LogP contribution in [0, 0.1) is 0 Å². The van der Waals surface area contributed by atoms with Crippen LogP contribution in [0.5, 0.6) is 17.2 Å². The van der Waals surface area contributed by atoms with Crippen LogP contribution in [0.3, 0.4) is 0 Å². The van der Waals surface area contributed by atoms with Gasteiger partial charge in [0.15, 0.2) is 11.5 Å². The molecular formula is C23H23ClN2O5. The first kappa shape index (κ1) is 21.1. The molecule has 2 aromatic rings. The fraction of sp³-hybridized carbons (Fsp3) is 0.304. The number of nitrogens with one attached hydrogen (secondary N) is 1. The normalized spacial score (nSPS) is 17.6. The number of benzene rings is 2. The molecule has 2 aliphatic heterocycles. The predicted octanol–water partition coefficient (Wildman–Crippen LogP) is 3.76. The zero-order valence-electron chi connectivity index (χ0n) is 17.1. The van der Waals surface area contributed by atoms with Crippen molar-refractivity contribution in [2.24, 2.45) is 0 Å². The van der Waals surface area contributed by atoms with Gasteiger partial charge < -0.3 is 24.4 Å². The highest BCUT2D eigenvalue weighted by Crippen LogP contribution is 2.38. The number of hydrogen-bond donors (Lipinski definition) is 1. The van der Waals surface area contributed by atoms with Crippen molar-refractivity contribution in [2.75, 3.05) is 32.2 Å². The second-order valence-corrected chi connectivity index (χ2v) is 7.67. The molecular weight excluding hydrogens is 420 g/mol. The Balaban J connectivity index is 1.42. The lowest BCUT2D eigenvalue weighted by atomic mass is 10.1. The lowest BCUT2D eigenvalue weighted by Crippen LogP contribution is -2.42. The Morgan fingerprint density at radius 1 is 1.19 bits per heavy atom. The van der Waals surface area contributed by atoms with E-state index in [1.54, 1.807) is 54.5 Å². The van der Waals surface area contributed by atoms with Gasteiger partial charge in [-0.3, -0.25) is 9.59 Å². The molecule has 4 rings (SSSR count). The summed E-state index contributed by atoms with van der Waals surface area (Å²) in [5, 5.41) is 3.31. The van der Waals surface area contributed by atoms with Gasteiger partial charge in [-0.25, -0.2) is 0 Å². The maximum Gasteiger partial charge on any atom is 0.247 e. The Bertz CT molecular complexity index is 1010. The minimum absolute atomic E-state index is 0.202. The molecule has 0 radical (unpaired) electrons. The summed E-state index contributed by atoms with van der Waals surface area (Å²) in [7, 11) is 1.59. The van der Waals surface area contributed by atoms with Crippen molar-refractivity contribution >= 4 is 35.2 Å². The lowest BCUT2D eigenvalue weighted by Gasteiger charge is -2.23. The van der Waals surface area contributed by atoms with E-state index in [2.05, 4.69) is 5.32 Å². The number of carbonyl (C=O) groups excluding carboxylic acids is 2. The molecule has 2 aromatic carbocycles. The van der Waals surface area contributed by atoms with Crippen molar-refractivity contribution in [1.29, 1.82) is 0 Å². The van der Waals surface area contributed by atoms with Crippen molar-refractivity contribution in [3.8, 4) is 17.2 Å². The summed E-state index contributed by atoms with van der Waals surface area (Å²) in [4.78, 5) is 27.1. The highest BCUT2D eigenvalue weighted by Gasteiger charge is 2.33. The molecule has 1 atom stereocenters. The van der Waals surface area contributed by atoms with Crippen molar-refractivity contribution in [3.05, 3.63) is 53.1 Å². The van der Waals surface area contributed by atoms with Crippen LogP contribution >= 0.6 is 11.6 Å². The Hall–Kier alpha value is -3.19. The number of methoxy groups -OCH3 is 1. The first-order valence-electron chi connectivity index (χ1n) is 10.1. The van der Waals surface area contributed by atoms with Crippen LogP contribution in [0.2, 0.25) is 5.02 Å². The number of hydrogen-bond acceptors (Lipinski definition) is 5. The van der Waals surface area contributed by atoms with Crippen molar-refractivity contribution in [3.63, 3.8) is 0 Å². The molecule has 1 N–H and O–H groups in total. The number of amides is 2. The molecule has 2 heterocycles. The van der Waals surface area contributed by atoms with Gasteiger partial charge in [-0.15, -0.1) is 0 Å². The third kappa shape index (κ3) is 4.77. The second kappa shape index (κ2) is 9.31. The van der Waals surface area contributed by atoms with Gasteiger partial charge in [-0.05, 0) is 60.9 Å². The van der Waals surface area contributed by atoms with E-state index in [-0.39, 0.29) is 11.8 Å². The summed E-state index contributed by atoms with van der Waals surface area (Å²) in [6, 6.07) is 10.1. The van der Waals surface area contributed by atoms with Crippen molar-refractivity contribution < 1.29 is 23.8 Å². The summed E-state index contributed by atoms with van der Waals surface area (Å²) < 4.78 is 16.2. The summed E-state index contributed by atoms with van der Waals surface area (Å²) in [5.41, 5.74) is 1.38. The van der Waals surface area contributed by atoms with E-state index in [4.69, 9.17) is 25.8 Å². The number of fused-ring (bicyclic) bond motifs is 1. The molecule has 1 unspecified atom stereocenters. The van der Waals surface area contributed by atoms with E-state index in [0.717, 1.165) is 12.0 Å². The Morgan fingerprint density at radius 3 is 2.74 bits per heavy atom. The molecule has 0 spiro atoms. The van der Waals surface area contributed by atoms with Crippen molar-refractivity contribution in [1.82, 2.24) is 4.90 Å². The number of ether oxygens (including phenoxy) is 3. The minimum Gasteiger partial charge on any atom is -0.497 e. The zero-order valence-corrected chi connectivity index (χ0v) is 17.9. The van der Waals surface area contributed by atoms with E-state index in [1.807, 2.05) is 0 Å². The van der Waals surface area contributed by atoms with E-state index < -0.39 is 6.04 Å². The molecule has 1 fully saturated rings. The third-order valence-electron chi connectivity index (χ3n) is 5.23. The van der Waals surface area contributed by atoms with Gasteiger partial charge >= 0.3 is 0 Å². The summed E-state index contributed by atoms with van der Waals surface area (Å²) >= 11 is 6.26. The number of nitrogens with zero attached hydrogens (tertiary/aromatic N) is 1. The molecule has 31 heavy (non-hydrogen) atoms. The van der Waals surface area contributed by atoms with Crippen LogP contribution in [0.4, 0.5) is 5.69 Å². The minimum atomic E-state index is -0.511. The van der Waals surface area contributed by atoms with Crippen LogP contribution in [0.25, 0.3) is 6.08 Å². The van der Waals surface area contributed by atoms with Crippen LogP contribution in [0.15, 0.2) is 42.5 Å². The average molecular weight is 443 g/mol. The molecule has 7 nitrogen and oxygen atoms in total. The number of likely N-dealkylation sites (tertiary alicyclic amines) is 1. The smallest absolute Gasteiger partial charge is 0.247 e. The molecule has 0 bridgehead atoms. The van der Waals surface area contributed by atoms with E-state index in [9.17, 15) is 9.59 Å². The van der Waals surface area contributed by atoms with Gasteiger partial charge in [0.25, 0.3) is 0 Å². The Morgan fingerprint density at radius 2 is 1.97 bits per heavy atom. The number of carbonyl (C=O) groups is 2. The summed E-state index contributed by atoms with van der Waals surface area (Å²) in [5.74, 6) is 1.36. The SMILES string of the molecule is COc1ccc(NC(=O)C2CCCN2C(=O)C=Cc2cc(Cl)c3c(c2)OCCO3)cc1. The molecule has 0 aromatic heterocycles. The molecule has 1 saturated heterocycles. The summed E-state index contributed by atoms with van der Waals surface area (Å²) in [6.07, 6.45) is 4.53. The monoisotopic (exact) mass is 442 g/mol.